The van der Waals surface area contributed by atoms with Crippen LogP contribution < -0.4 is 0 Å². The Hall–Kier alpha value is -2.61. The lowest BCUT2D eigenvalue weighted by atomic mass is 10.1. The molecule has 0 aliphatic carbocycles. The minimum Gasteiger partial charge on any atom is -0.478 e. The highest BCUT2D eigenvalue weighted by Gasteiger charge is 2.36. The number of thioether (sulfide) groups is 1. The Morgan fingerprint density at radius 1 is 1.30 bits per heavy atom. The second kappa shape index (κ2) is 7.10. The van der Waals surface area contributed by atoms with Crippen LogP contribution in [0.4, 0.5) is 4.79 Å². The molecule has 1 heterocycles. The van der Waals surface area contributed by atoms with Crippen LogP contribution in [0.1, 0.15) is 22.8 Å². The Morgan fingerprint density at radius 2 is 2.00 bits per heavy atom. The number of carboxylic acids is 1. The highest BCUT2D eigenvalue weighted by molar-refractivity contribution is 8.18. The number of rotatable bonds is 5. The van der Waals surface area contributed by atoms with Crippen LogP contribution in [-0.2, 0) is 14.3 Å². The number of aromatic carboxylic acids is 1. The van der Waals surface area contributed by atoms with Crippen LogP contribution in [0.15, 0.2) is 29.2 Å². The van der Waals surface area contributed by atoms with Gasteiger partial charge in [-0.1, -0.05) is 18.2 Å². The van der Waals surface area contributed by atoms with Gasteiger partial charge in [0, 0.05) is 0 Å². The van der Waals surface area contributed by atoms with Gasteiger partial charge in [0.05, 0.1) is 17.1 Å². The molecule has 0 aromatic heterocycles. The molecule has 1 aromatic carbocycles. The van der Waals surface area contributed by atoms with Crippen molar-refractivity contribution in [3.63, 3.8) is 0 Å². The van der Waals surface area contributed by atoms with Crippen LogP contribution >= 0.6 is 11.8 Å². The van der Waals surface area contributed by atoms with Crippen LogP contribution in [0.25, 0.3) is 6.08 Å². The molecular formula is C15H13NO6S. The SMILES string of the molecule is CCOC(=O)CN1C(=O)S/C(=C\c2ccccc2C(=O)O)C1=O. The second-order valence-electron chi connectivity index (χ2n) is 4.47. The number of imide groups is 1. The van der Waals surface area contributed by atoms with Crippen LogP contribution in [-0.4, -0.2) is 46.2 Å². The maximum atomic E-state index is 12.2. The molecule has 1 saturated heterocycles. The van der Waals surface area contributed by atoms with Gasteiger partial charge < -0.3 is 9.84 Å². The van der Waals surface area contributed by atoms with E-state index in [-0.39, 0.29) is 17.1 Å². The van der Waals surface area contributed by atoms with Gasteiger partial charge in [0.25, 0.3) is 11.1 Å². The standard InChI is InChI=1S/C15H13NO6S/c1-2-22-12(17)8-16-13(18)11(23-15(16)21)7-9-5-3-4-6-10(9)14(19)20/h3-7H,2,8H2,1H3,(H,19,20)/b11-7-. The first kappa shape index (κ1) is 16.8. The monoisotopic (exact) mass is 335 g/mol. The minimum atomic E-state index is -1.14. The van der Waals surface area contributed by atoms with Crippen LogP contribution in [0, 0.1) is 0 Å². The molecule has 120 valence electrons. The van der Waals surface area contributed by atoms with Gasteiger partial charge in [0.1, 0.15) is 6.54 Å². The van der Waals surface area contributed by atoms with Crippen molar-refractivity contribution < 1.29 is 29.0 Å². The lowest BCUT2D eigenvalue weighted by Crippen LogP contribution is -2.34. The average molecular weight is 335 g/mol. The molecule has 1 aromatic rings. The number of hydrogen-bond donors (Lipinski definition) is 1. The molecule has 1 N–H and O–H groups in total. The van der Waals surface area contributed by atoms with Gasteiger partial charge >= 0.3 is 11.9 Å². The van der Waals surface area contributed by atoms with Crippen molar-refractivity contribution in [1.82, 2.24) is 4.90 Å². The molecule has 1 aliphatic rings. The largest absolute Gasteiger partial charge is 0.478 e. The van der Waals surface area contributed by atoms with Crippen molar-refractivity contribution in [2.45, 2.75) is 6.92 Å². The van der Waals surface area contributed by atoms with E-state index in [9.17, 15) is 19.2 Å². The number of amides is 2. The van der Waals surface area contributed by atoms with Gasteiger partial charge in [0.15, 0.2) is 0 Å². The number of ether oxygens (including phenoxy) is 1. The predicted octanol–water partition coefficient (Wildman–Crippen LogP) is 1.98. The Labute approximate surface area is 135 Å². The molecule has 0 spiro atoms. The van der Waals surface area contributed by atoms with Crippen molar-refractivity contribution in [3.05, 3.63) is 40.3 Å². The molecule has 23 heavy (non-hydrogen) atoms. The molecular weight excluding hydrogens is 322 g/mol. The van der Waals surface area contributed by atoms with Gasteiger partial charge in [-0.15, -0.1) is 0 Å². The smallest absolute Gasteiger partial charge is 0.336 e. The van der Waals surface area contributed by atoms with Crippen LogP contribution in [0.5, 0.6) is 0 Å². The van der Waals surface area contributed by atoms with Gasteiger partial charge in [0.2, 0.25) is 0 Å². The molecule has 0 atom stereocenters. The fourth-order valence-corrected chi connectivity index (χ4v) is 2.76. The fraction of sp³-hybridized carbons (Fsp3) is 0.200. The normalized spacial score (nSPS) is 16.0. The zero-order valence-electron chi connectivity index (χ0n) is 12.1. The summed E-state index contributed by atoms with van der Waals surface area (Å²) in [6.45, 7) is 1.31. The lowest BCUT2D eigenvalue weighted by Gasteiger charge is -2.10. The zero-order valence-corrected chi connectivity index (χ0v) is 13.0. The number of nitrogens with zero attached hydrogens (tertiary/aromatic N) is 1. The first-order valence-corrected chi connectivity index (χ1v) is 7.49. The van der Waals surface area contributed by atoms with E-state index in [1.54, 1.807) is 19.1 Å². The molecule has 7 nitrogen and oxygen atoms in total. The number of hydrogen-bond acceptors (Lipinski definition) is 6. The summed E-state index contributed by atoms with van der Waals surface area (Å²) in [7, 11) is 0. The quantitative estimate of drug-likeness (QED) is 0.648. The molecule has 2 amide bonds. The van der Waals surface area contributed by atoms with E-state index in [2.05, 4.69) is 0 Å². The summed E-state index contributed by atoms with van der Waals surface area (Å²) in [6.07, 6.45) is 1.33. The third-order valence-electron chi connectivity index (χ3n) is 2.94. The molecule has 0 radical (unpaired) electrons. The number of carboxylic acid groups (broad SMARTS) is 1. The van der Waals surface area contributed by atoms with E-state index < -0.39 is 29.6 Å². The van der Waals surface area contributed by atoms with Gasteiger partial charge in [-0.25, -0.2) is 4.79 Å². The fourth-order valence-electron chi connectivity index (χ4n) is 1.93. The number of carbonyl (C=O) groups excluding carboxylic acids is 3. The number of esters is 1. The third kappa shape index (κ3) is 3.78. The maximum Gasteiger partial charge on any atom is 0.336 e. The van der Waals surface area contributed by atoms with Crippen molar-refractivity contribution in [3.8, 4) is 0 Å². The Bertz CT molecular complexity index is 712. The summed E-state index contributed by atoms with van der Waals surface area (Å²) in [5.74, 6) is -2.46. The van der Waals surface area contributed by atoms with Gasteiger partial charge in [-0.2, -0.15) is 0 Å². The molecule has 2 rings (SSSR count). The molecule has 1 aliphatic heterocycles. The van der Waals surface area contributed by atoms with Gasteiger partial charge in [-0.3, -0.25) is 19.3 Å². The molecule has 0 unspecified atom stereocenters. The highest BCUT2D eigenvalue weighted by atomic mass is 32.2. The highest BCUT2D eigenvalue weighted by Crippen LogP contribution is 2.32. The second-order valence-corrected chi connectivity index (χ2v) is 5.46. The Balaban J connectivity index is 2.26. The molecule has 8 heteroatoms. The maximum absolute atomic E-state index is 12.2. The summed E-state index contributed by atoms with van der Waals surface area (Å²) < 4.78 is 4.71. The van der Waals surface area contributed by atoms with Gasteiger partial charge in [-0.05, 0) is 36.4 Å². The Morgan fingerprint density at radius 3 is 2.65 bits per heavy atom. The summed E-state index contributed by atoms with van der Waals surface area (Å²) in [4.78, 5) is 47.5. The molecule has 0 bridgehead atoms. The molecule has 0 saturated carbocycles. The van der Waals surface area contributed by atoms with E-state index >= 15 is 0 Å². The van der Waals surface area contributed by atoms with E-state index in [0.717, 1.165) is 4.90 Å². The average Bonchev–Trinajstić information content (AvgIpc) is 2.75. The van der Waals surface area contributed by atoms with E-state index in [1.807, 2.05) is 0 Å². The number of carbonyl (C=O) groups is 4. The van der Waals surface area contributed by atoms with Crippen molar-refractivity contribution in [2.75, 3.05) is 13.2 Å². The van der Waals surface area contributed by atoms with Crippen molar-refractivity contribution in [2.24, 2.45) is 0 Å². The summed E-state index contributed by atoms with van der Waals surface area (Å²) in [5.41, 5.74) is 0.325. The lowest BCUT2D eigenvalue weighted by molar-refractivity contribution is -0.145. The summed E-state index contributed by atoms with van der Waals surface area (Å²) in [5, 5.41) is 8.53. The first-order valence-electron chi connectivity index (χ1n) is 6.67. The Kier molecular flexibility index (Phi) is 5.17. The van der Waals surface area contributed by atoms with E-state index in [1.165, 1.54) is 18.2 Å². The van der Waals surface area contributed by atoms with Crippen LogP contribution in [0.2, 0.25) is 0 Å². The first-order chi connectivity index (χ1) is 10.9. The van der Waals surface area contributed by atoms with Crippen molar-refractivity contribution >= 4 is 40.9 Å². The predicted molar refractivity (Wildman–Crippen MR) is 82.7 cm³/mol. The zero-order chi connectivity index (χ0) is 17.0. The summed E-state index contributed by atoms with van der Waals surface area (Å²) in [6, 6.07) is 6.12. The van der Waals surface area contributed by atoms with Crippen molar-refractivity contribution in [1.29, 1.82) is 0 Å². The van der Waals surface area contributed by atoms with E-state index in [0.29, 0.717) is 17.3 Å². The number of benzene rings is 1. The molecule has 1 fully saturated rings. The van der Waals surface area contributed by atoms with Crippen LogP contribution in [0.3, 0.4) is 0 Å². The third-order valence-corrected chi connectivity index (χ3v) is 3.85. The van der Waals surface area contributed by atoms with E-state index in [4.69, 9.17) is 9.84 Å². The summed E-state index contributed by atoms with van der Waals surface area (Å²) >= 11 is 0.655. The topological polar surface area (TPSA) is 101 Å². The minimum absolute atomic E-state index is 0.0182.